The summed E-state index contributed by atoms with van der Waals surface area (Å²) < 4.78 is 5.78. The molecular weight excluding hydrogens is 378 g/mol. The van der Waals surface area contributed by atoms with E-state index in [0.29, 0.717) is 11.3 Å². The fraction of sp³-hybridized carbons (Fsp3) is 0.120. The summed E-state index contributed by atoms with van der Waals surface area (Å²) in [5.74, 6) is -0.957. The molecule has 0 radical (unpaired) electrons. The fourth-order valence-electron chi connectivity index (χ4n) is 3.45. The van der Waals surface area contributed by atoms with Gasteiger partial charge < -0.3 is 14.8 Å². The van der Waals surface area contributed by atoms with E-state index < -0.39 is 12.0 Å². The normalized spacial score (nSPS) is 11.9. The second-order valence-corrected chi connectivity index (χ2v) is 7.16. The molecule has 3 aromatic carbocycles. The van der Waals surface area contributed by atoms with Crippen LogP contribution in [0.4, 0.5) is 0 Å². The molecule has 150 valence electrons. The minimum atomic E-state index is -1.07. The van der Waals surface area contributed by atoms with E-state index in [-0.39, 0.29) is 18.7 Å². The van der Waals surface area contributed by atoms with E-state index in [1.54, 1.807) is 0 Å². The largest absolute Gasteiger partial charge is 0.480 e. The number of benzene rings is 3. The van der Waals surface area contributed by atoms with Crippen LogP contribution in [0, 0.1) is 0 Å². The maximum absolute atomic E-state index is 12.4. The lowest BCUT2D eigenvalue weighted by Gasteiger charge is -2.14. The molecule has 2 N–H and O–H groups in total. The predicted molar refractivity (Wildman–Crippen MR) is 115 cm³/mol. The summed E-state index contributed by atoms with van der Waals surface area (Å²) in [4.78, 5) is 24.0. The number of carbonyl (C=O) groups excluding carboxylic acids is 1. The van der Waals surface area contributed by atoms with E-state index in [1.165, 1.54) is 0 Å². The Morgan fingerprint density at radius 1 is 0.867 bits per heavy atom. The van der Waals surface area contributed by atoms with Crippen LogP contribution in [0.25, 0.3) is 22.1 Å². The molecule has 4 rings (SSSR count). The van der Waals surface area contributed by atoms with Crippen molar-refractivity contribution in [1.82, 2.24) is 5.32 Å². The second kappa shape index (κ2) is 8.66. The molecule has 1 amide bonds. The Morgan fingerprint density at radius 2 is 1.57 bits per heavy atom. The highest BCUT2D eigenvalue weighted by Gasteiger charge is 2.21. The number of amides is 1. The van der Waals surface area contributed by atoms with Crippen molar-refractivity contribution >= 4 is 22.8 Å². The topological polar surface area (TPSA) is 79.5 Å². The number of carbonyl (C=O) groups is 2. The first kappa shape index (κ1) is 19.5. The van der Waals surface area contributed by atoms with Crippen LogP contribution in [0.5, 0.6) is 0 Å². The van der Waals surface area contributed by atoms with Gasteiger partial charge >= 0.3 is 5.97 Å². The van der Waals surface area contributed by atoms with Gasteiger partial charge in [0, 0.05) is 11.8 Å². The van der Waals surface area contributed by atoms with Crippen LogP contribution in [0.2, 0.25) is 0 Å². The summed E-state index contributed by atoms with van der Waals surface area (Å²) >= 11 is 0. The summed E-state index contributed by atoms with van der Waals surface area (Å²) in [7, 11) is 0. The zero-order valence-corrected chi connectivity index (χ0v) is 16.2. The first-order valence-corrected chi connectivity index (χ1v) is 9.72. The van der Waals surface area contributed by atoms with Crippen molar-refractivity contribution in [3.8, 4) is 11.1 Å². The lowest BCUT2D eigenvalue weighted by Crippen LogP contribution is -2.42. The van der Waals surface area contributed by atoms with E-state index in [2.05, 4.69) is 5.32 Å². The molecule has 0 saturated carbocycles. The highest BCUT2D eigenvalue weighted by Crippen LogP contribution is 2.26. The zero-order chi connectivity index (χ0) is 20.9. The van der Waals surface area contributed by atoms with Crippen LogP contribution < -0.4 is 5.32 Å². The minimum Gasteiger partial charge on any atom is -0.480 e. The Morgan fingerprint density at radius 3 is 2.27 bits per heavy atom. The highest BCUT2D eigenvalue weighted by atomic mass is 16.4. The molecule has 0 unspecified atom stereocenters. The number of hydrogen-bond acceptors (Lipinski definition) is 3. The molecule has 4 aromatic rings. The molecule has 5 heteroatoms. The van der Waals surface area contributed by atoms with Crippen LogP contribution in [-0.4, -0.2) is 23.0 Å². The van der Waals surface area contributed by atoms with Crippen molar-refractivity contribution in [1.29, 1.82) is 0 Å². The van der Waals surface area contributed by atoms with Gasteiger partial charge in [0.25, 0.3) is 0 Å². The van der Waals surface area contributed by atoms with E-state index in [1.807, 2.05) is 84.9 Å². The molecular formula is C25H21NO4. The van der Waals surface area contributed by atoms with Gasteiger partial charge in [-0.2, -0.15) is 0 Å². The van der Waals surface area contributed by atoms with Crippen LogP contribution in [0.1, 0.15) is 11.3 Å². The Labute approximate surface area is 174 Å². The molecule has 0 aliphatic rings. The minimum absolute atomic E-state index is 0.0199. The molecule has 30 heavy (non-hydrogen) atoms. The number of fused-ring (bicyclic) bond motifs is 1. The maximum Gasteiger partial charge on any atom is 0.326 e. The first-order valence-electron chi connectivity index (χ1n) is 9.72. The van der Waals surface area contributed by atoms with E-state index in [9.17, 15) is 14.7 Å². The van der Waals surface area contributed by atoms with E-state index >= 15 is 0 Å². The van der Waals surface area contributed by atoms with Gasteiger partial charge in [-0.25, -0.2) is 4.79 Å². The number of rotatable bonds is 7. The lowest BCUT2D eigenvalue weighted by molar-refractivity contribution is -0.141. The number of carboxylic acids is 1. The van der Waals surface area contributed by atoms with Crippen molar-refractivity contribution in [2.24, 2.45) is 0 Å². The number of hydrogen-bond donors (Lipinski definition) is 2. The van der Waals surface area contributed by atoms with Gasteiger partial charge in [0.05, 0.1) is 6.42 Å². The molecule has 0 fully saturated rings. The van der Waals surface area contributed by atoms with Gasteiger partial charge in [0.2, 0.25) is 5.91 Å². The quantitative estimate of drug-likeness (QED) is 0.481. The summed E-state index contributed by atoms with van der Waals surface area (Å²) in [5.41, 5.74) is 3.71. The van der Waals surface area contributed by atoms with Crippen LogP contribution >= 0.6 is 0 Å². The molecule has 1 aromatic heterocycles. The molecule has 0 saturated heterocycles. The van der Waals surface area contributed by atoms with Crippen LogP contribution in [0.15, 0.2) is 89.3 Å². The van der Waals surface area contributed by atoms with Gasteiger partial charge in [-0.05, 0) is 34.9 Å². The SMILES string of the molecule is O=C(Cc1cc2cc(-c3ccccc3)ccc2o1)N[C@H](Cc1ccccc1)C(=O)O. The Hall–Kier alpha value is -3.86. The van der Waals surface area contributed by atoms with Crippen molar-refractivity contribution < 1.29 is 19.1 Å². The second-order valence-electron chi connectivity index (χ2n) is 7.16. The molecule has 0 aliphatic heterocycles. The standard InChI is InChI=1S/C25H21NO4/c27-24(26-22(25(28)29)13-17-7-3-1-4-8-17)16-21-15-20-14-19(11-12-23(20)30-21)18-9-5-2-6-10-18/h1-12,14-15,22H,13,16H2,(H,26,27)(H,28,29)/t22-/m1/s1. The third kappa shape index (κ3) is 4.58. The number of aliphatic carboxylic acids is 1. The molecule has 1 heterocycles. The molecule has 0 spiro atoms. The smallest absolute Gasteiger partial charge is 0.326 e. The average Bonchev–Trinajstić information content (AvgIpc) is 3.15. The Balaban J connectivity index is 1.46. The van der Waals surface area contributed by atoms with Gasteiger partial charge in [-0.3, -0.25) is 4.79 Å². The molecule has 5 nitrogen and oxygen atoms in total. The number of furan rings is 1. The van der Waals surface area contributed by atoms with Crippen LogP contribution in [-0.2, 0) is 22.4 Å². The van der Waals surface area contributed by atoms with E-state index in [4.69, 9.17) is 4.42 Å². The zero-order valence-electron chi connectivity index (χ0n) is 16.2. The maximum atomic E-state index is 12.4. The van der Waals surface area contributed by atoms with Crippen LogP contribution in [0.3, 0.4) is 0 Å². The van der Waals surface area contributed by atoms with Gasteiger partial charge in [0.1, 0.15) is 17.4 Å². The molecule has 0 bridgehead atoms. The average molecular weight is 399 g/mol. The molecule has 0 aliphatic carbocycles. The van der Waals surface area contributed by atoms with Crippen molar-refractivity contribution in [2.45, 2.75) is 18.9 Å². The summed E-state index contributed by atoms with van der Waals surface area (Å²) in [6, 6.07) is 26.0. The van der Waals surface area contributed by atoms with Gasteiger partial charge in [0.15, 0.2) is 0 Å². The number of carboxylic acid groups (broad SMARTS) is 1. The Bertz CT molecular complexity index is 1170. The molecule has 1 atom stereocenters. The Kier molecular flexibility index (Phi) is 5.61. The summed E-state index contributed by atoms with van der Waals surface area (Å²) in [5, 5.41) is 13.0. The fourth-order valence-corrected chi connectivity index (χ4v) is 3.45. The number of nitrogens with one attached hydrogen (secondary N) is 1. The van der Waals surface area contributed by atoms with Gasteiger partial charge in [-0.1, -0.05) is 66.7 Å². The third-order valence-corrected chi connectivity index (χ3v) is 4.93. The third-order valence-electron chi connectivity index (χ3n) is 4.93. The monoisotopic (exact) mass is 399 g/mol. The van der Waals surface area contributed by atoms with Crippen molar-refractivity contribution in [3.05, 3.63) is 96.3 Å². The van der Waals surface area contributed by atoms with Crippen molar-refractivity contribution in [3.63, 3.8) is 0 Å². The summed E-state index contributed by atoms with van der Waals surface area (Å²) in [6.45, 7) is 0. The lowest BCUT2D eigenvalue weighted by atomic mass is 10.0. The predicted octanol–water partition coefficient (Wildman–Crippen LogP) is 4.45. The first-order chi connectivity index (χ1) is 14.6. The highest BCUT2D eigenvalue weighted by molar-refractivity contribution is 5.87. The van der Waals surface area contributed by atoms with Gasteiger partial charge in [-0.15, -0.1) is 0 Å². The van der Waals surface area contributed by atoms with Crippen molar-refractivity contribution in [2.75, 3.05) is 0 Å². The summed E-state index contributed by atoms with van der Waals surface area (Å²) in [6.07, 6.45) is 0.205. The van der Waals surface area contributed by atoms with E-state index in [0.717, 1.165) is 22.1 Å².